The summed E-state index contributed by atoms with van der Waals surface area (Å²) in [5.41, 5.74) is 0.568. The van der Waals surface area contributed by atoms with E-state index in [1.54, 1.807) is 36.4 Å². The summed E-state index contributed by atoms with van der Waals surface area (Å²) in [6.07, 6.45) is -3.87. The minimum atomic E-state index is -4.41. The third kappa shape index (κ3) is 5.07. The monoisotopic (exact) mass is 443 g/mol. The van der Waals surface area contributed by atoms with E-state index in [-0.39, 0.29) is 5.91 Å². The van der Waals surface area contributed by atoms with E-state index in [1.807, 2.05) is 0 Å². The Balaban J connectivity index is 1.64. The molecule has 0 saturated heterocycles. The summed E-state index contributed by atoms with van der Waals surface area (Å²) in [7, 11) is 0. The van der Waals surface area contributed by atoms with Gasteiger partial charge in [-0.1, -0.05) is 41.4 Å². The molecule has 0 radical (unpaired) electrons. The Morgan fingerprint density at radius 3 is 2.54 bits per heavy atom. The van der Waals surface area contributed by atoms with E-state index in [9.17, 15) is 18.0 Å². The highest BCUT2D eigenvalue weighted by Crippen LogP contribution is 2.34. The van der Waals surface area contributed by atoms with Crippen molar-refractivity contribution in [3.05, 3.63) is 80.6 Å². The molecule has 28 heavy (non-hydrogen) atoms. The van der Waals surface area contributed by atoms with Gasteiger partial charge in [-0.05, 0) is 53.9 Å². The Morgan fingerprint density at radius 1 is 1.04 bits per heavy atom. The van der Waals surface area contributed by atoms with E-state index < -0.39 is 11.7 Å². The molecule has 1 amide bonds. The number of benzene rings is 2. The molecule has 0 spiro atoms. The summed E-state index contributed by atoms with van der Waals surface area (Å²) >= 11 is 13.1. The lowest BCUT2D eigenvalue weighted by Crippen LogP contribution is -2.24. The Bertz CT molecular complexity index is 1000. The lowest BCUT2D eigenvalue weighted by Gasteiger charge is -2.07. The van der Waals surface area contributed by atoms with E-state index in [1.165, 1.54) is 6.07 Å². The quantitative estimate of drug-likeness (QED) is 0.466. The predicted molar refractivity (Wildman–Crippen MR) is 107 cm³/mol. The van der Waals surface area contributed by atoms with Gasteiger partial charge in [-0.15, -0.1) is 11.3 Å². The second-order valence-electron chi connectivity index (χ2n) is 5.98. The van der Waals surface area contributed by atoms with Crippen LogP contribution in [0.4, 0.5) is 13.2 Å². The van der Waals surface area contributed by atoms with Crippen molar-refractivity contribution < 1.29 is 18.0 Å². The van der Waals surface area contributed by atoms with Crippen LogP contribution >= 0.6 is 34.5 Å². The van der Waals surface area contributed by atoms with Crippen molar-refractivity contribution in [3.8, 4) is 10.4 Å². The standard InChI is InChI=1S/C20H14Cl2F3NOS/c21-15-5-4-12(16(22)11-15)8-9-26-19(27)18-7-6-17(28-18)13-2-1-3-14(10-13)20(23,24)25/h1-7,10-11H,8-9H2,(H,26,27). The van der Waals surface area contributed by atoms with Crippen LogP contribution in [0.5, 0.6) is 0 Å². The van der Waals surface area contributed by atoms with Crippen molar-refractivity contribution in [2.24, 2.45) is 0 Å². The van der Waals surface area contributed by atoms with Gasteiger partial charge in [0.2, 0.25) is 0 Å². The van der Waals surface area contributed by atoms with Crippen LogP contribution in [-0.4, -0.2) is 12.5 Å². The third-order valence-corrected chi connectivity index (χ3v) is 5.72. The normalized spacial score (nSPS) is 11.5. The summed E-state index contributed by atoms with van der Waals surface area (Å²) in [4.78, 5) is 13.3. The number of rotatable bonds is 5. The number of alkyl halides is 3. The number of thiophene rings is 1. The number of hydrogen-bond donors (Lipinski definition) is 1. The summed E-state index contributed by atoms with van der Waals surface area (Å²) in [5.74, 6) is -0.284. The summed E-state index contributed by atoms with van der Waals surface area (Å²) < 4.78 is 38.6. The maximum Gasteiger partial charge on any atom is 0.416 e. The fourth-order valence-electron chi connectivity index (χ4n) is 2.59. The van der Waals surface area contributed by atoms with Crippen molar-refractivity contribution in [1.82, 2.24) is 5.32 Å². The van der Waals surface area contributed by atoms with Crippen LogP contribution < -0.4 is 5.32 Å². The zero-order valence-electron chi connectivity index (χ0n) is 14.3. The maximum absolute atomic E-state index is 12.9. The SMILES string of the molecule is O=C(NCCc1ccc(Cl)cc1Cl)c1ccc(-c2cccc(C(F)(F)F)c2)s1. The predicted octanol–water partition coefficient (Wildman–Crippen LogP) is 6.71. The zero-order valence-corrected chi connectivity index (χ0v) is 16.6. The third-order valence-electron chi connectivity index (χ3n) is 4.00. The Morgan fingerprint density at radius 2 is 1.82 bits per heavy atom. The first-order valence-electron chi connectivity index (χ1n) is 8.23. The Hall–Kier alpha value is -2.02. The number of halogens is 5. The van der Waals surface area contributed by atoms with Crippen LogP contribution in [-0.2, 0) is 12.6 Å². The van der Waals surface area contributed by atoms with Crippen molar-refractivity contribution in [2.45, 2.75) is 12.6 Å². The van der Waals surface area contributed by atoms with E-state index in [0.29, 0.717) is 38.3 Å². The van der Waals surface area contributed by atoms with Crippen LogP contribution in [0.25, 0.3) is 10.4 Å². The lowest BCUT2D eigenvalue weighted by atomic mass is 10.1. The molecular formula is C20H14Cl2F3NOS. The molecule has 3 rings (SSSR count). The van der Waals surface area contributed by atoms with Gasteiger partial charge in [0, 0.05) is 21.5 Å². The molecular weight excluding hydrogens is 430 g/mol. The molecule has 2 aromatic carbocycles. The highest BCUT2D eigenvalue weighted by molar-refractivity contribution is 7.17. The molecule has 1 heterocycles. The number of amides is 1. The molecule has 8 heteroatoms. The molecule has 0 unspecified atom stereocenters. The summed E-state index contributed by atoms with van der Waals surface area (Å²) in [6.45, 7) is 0.372. The first kappa shape index (κ1) is 20.7. The molecule has 1 N–H and O–H groups in total. The van der Waals surface area contributed by atoms with Crippen molar-refractivity contribution >= 4 is 40.4 Å². The van der Waals surface area contributed by atoms with Gasteiger partial charge in [-0.3, -0.25) is 4.79 Å². The molecule has 0 atom stereocenters. The van der Waals surface area contributed by atoms with E-state index in [4.69, 9.17) is 23.2 Å². The maximum atomic E-state index is 12.9. The fourth-order valence-corrected chi connectivity index (χ4v) is 4.01. The topological polar surface area (TPSA) is 29.1 Å². The van der Waals surface area contributed by atoms with Crippen LogP contribution in [0.3, 0.4) is 0 Å². The van der Waals surface area contributed by atoms with Crippen LogP contribution in [0.1, 0.15) is 20.8 Å². The van der Waals surface area contributed by atoms with Crippen molar-refractivity contribution in [3.63, 3.8) is 0 Å². The van der Waals surface area contributed by atoms with E-state index in [0.717, 1.165) is 29.0 Å². The number of nitrogens with one attached hydrogen (secondary N) is 1. The minimum Gasteiger partial charge on any atom is -0.351 e. The first-order chi connectivity index (χ1) is 13.2. The largest absolute Gasteiger partial charge is 0.416 e. The molecule has 0 aliphatic carbocycles. The van der Waals surface area contributed by atoms with Gasteiger partial charge in [-0.25, -0.2) is 0 Å². The highest BCUT2D eigenvalue weighted by Gasteiger charge is 2.30. The molecule has 0 bridgehead atoms. The fraction of sp³-hybridized carbons (Fsp3) is 0.150. The Kier molecular flexibility index (Phi) is 6.33. The minimum absolute atomic E-state index is 0.284. The highest BCUT2D eigenvalue weighted by atomic mass is 35.5. The lowest BCUT2D eigenvalue weighted by molar-refractivity contribution is -0.137. The average Bonchev–Trinajstić information content (AvgIpc) is 3.13. The molecule has 3 aromatic rings. The first-order valence-corrected chi connectivity index (χ1v) is 9.81. The van der Waals surface area contributed by atoms with Crippen LogP contribution in [0.15, 0.2) is 54.6 Å². The molecule has 1 aromatic heterocycles. The molecule has 2 nitrogen and oxygen atoms in total. The smallest absolute Gasteiger partial charge is 0.351 e. The van der Waals surface area contributed by atoms with Crippen molar-refractivity contribution in [1.29, 1.82) is 0 Å². The second-order valence-corrected chi connectivity index (χ2v) is 7.91. The van der Waals surface area contributed by atoms with Crippen LogP contribution in [0, 0.1) is 0 Å². The van der Waals surface area contributed by atoms with Gasteiger partial charge < -0.3 is 5.32 Å². The molecule has 146 valence electrons. The van der Waals surface area contributed by atoms with Gasteiger partial charge in [0.15, 0.2) is 0 Å². The van der Waals surface area contributed by atoms with E-state index in [2.05, 4.69) is 5.32 Å². The molecule has 0 saturated carbocycles. The van der Waals surface area contributed by atoms with Gasteiger partial charge in [0.1, 0.15) is 0 Å². The van der Waals surface area contributed by atoms with Crippen LogP contribution in [0.2, 0.25) is 10.0 Å². The average molecular weight is 444 g/mol. The Labute approximate surface area is 173 Å². The van der Waals surface area contributed by atoms with E-state index >= 15 is 0 Å². The van der Waals surface area contributed by atoms with Gasteiger partial charge in [0.25, 0.3) is 5.91 Å². The van der Waals surface area contributed by atoms with Gasteiger partial charge >= 0.3 is 6.18 Å². The van der Waals surface area contributed by atoms with Crippen molar-refractivity contribution in [2.75, 3.05) is 6.54 Å². The molecule has 0 aliphatic rings. The number of carbonyl (C=O) groups excluding carboxylic acids is 1. The molecule has 0 aliphatic heterocycles. The number of carbonyl (C=O) groups is 1. The molecule has 0 fully saturated rings. The summed E-state index contributed by atoms with van der Waals surface area (Å²) in [5, 5.41) is 3.86. The zero-order chi connectivity index (χ0) is 20.3. The van der Waals surface area contributed by atoms with Gasteiger partial charge in [0.05, 0.1) is 10.4 Å². The second kappa shape index (κ2) is 8.55. The van der Waals surface area contributed by atoms with Gasteiger partial charge in [-0.2, -0.15) is 13.2 Å². The number of hydrogen-bond acceptors (Lipinski definition) is 2. The summed E-state index contributed by atoms with van der Waals surface area (Å²) in [6, 6.07) is 13.5.